The summed E-state index contributed by atoms with van der Waals surface area (Å²) in [5, 5.41) is 0. The van der Waals surface area contributed by atoms with Gasteiger partial charge in [0, 0.05) is 5.56 Å². The van der Waals surface area contributed by atoms with Crippen LogP contribution in [0.3, 0.4) is 0 Å². The van der Waals surface area contributed by atoms with Crippen molar-refractivity contribution in [3.8, 4) is 5.75 Å². The normalized spacial score (nSPS) is 10.4. The molecule has 0 unspecified atom stereocenters. The third-order valence-corrected chi connectivity index (χ3v) is 2.74. The second-order valence-electron chi connectivity index (χ2n) is 3.02. The van der Waals surface area contributed by atoms with Gasteiger partial charge in [0.05, 0.1) is 11.6 Å². The number of rotatable bonds is 3. The van der Waals surface area contributed by atoms with Crippen LogP contribution in [0.2, 0.25) is 0 Å². The Bertz CT molecular complexity index is 341. The van der Waals surface area contributed by atoms with E-state index in [1.165, 1.54) is 6.07 Å². The molecule has 0 amide bonds. The zero-order valence-corrected chi connectivity index (χ0v) is 9.82. The second-order valence-corrected chi connectivity index (χ2v) is 3.87. The third-order valence-electron chi connectivity index (χ3n) is 2.15. The molecule has 0 saturated carbocycles. The summed E-state index contributed by atoms with van der Waals surface area (Å²) in [5.74, 6) is 0.440. The molecule has 0 saturated heterocycles. The van der Waals surface area contributed by atoms with E-state index in [2.05, 4.69) is 15.9 Å². The molecule has 2 N–H and O–H groups in total. The zero-order valence-electron chi connectivity index (χ0n) is 8.23. The number of ether oxygens (including phenoxy) is 1. The van der Waals surface area contributed by atoms with Crippen LogP contribution >= 0.6 is 15.9 Å². The van der Waals surface area contributed by atoms with Crippen molar-refractivity contribution in [2.24, 2.45) is 5.73 Å². The summed E-state index contributed by atoms with van der Waals surface area (Å²) in [7, 11) is 1.57. The summed E-state index contributed by atoms with van der Waals surface area (Å²) >= 11 is 3.26. The molecule has 0 aliphatic rings. The number of nitrogens with two attached hydrogens (primary N) is 1. The Labute approximate surface area is 91.4 Å². The van der Waals surface area contributed by atoms with Gasteiger partial charge in [-0.2, -0.15) is 0 Å². The molecule has 1 rings (SSSR count). The smallest absolute Gasteiger partial charge is 0.136 e. The second kappa shape index (κ2) is 4.75. The molecule has 0 aliphatic carbocycles. The maximum absolute atomic E-state index is 13.4. The van der Waals surface area contributed by atoms with E-state index in [0.717, 1.165) is 5.56 Å². The number of hydrogen-bond acceptors (Lipinski definition) is 2. The van der Waals surface area contributed by atoms with Gasteiger partial charge in [0.15, 0.2) is 0 Å². The van der Waals surface area contributed by atoms with Gasteiger partial charge in [0.25, 0.3) is 0 Å². The quantitative estimate of drug-likeness (QED) is 0.907. The van der Waals surface area contributed by atoms with Crippen LogP contribution in [-0.4, -0.2) is 13.7 Å². The van der Waals surface area contributed by atoms with E-state index in [4.69, 9.17) is 10.5 Å². The van der Waals surface area contributed by atoms with Gasteiger partial charge in [-0.15, -0.1) is 0 Å². The van der Waals surface area contributed by atoms with E-state index in [1.807, 2.05) is 0 Å². The van der Waals surface area contributed by atoms with Crippen LogP contribution < -0.4 is 10.5 Å². The number of benzene rings is 1. The Morgan fingerprint density at radius 3 is 2.71 bits per heavy atom. The molecule has 0 fully saturated rings. The van der Waals surface area contributed by atoms with Crippen LogP contribution in [0.1, 0.15) is 11.1 Å². The average molecular weight is 262 g/mol. The fourth-order valence-electron chi connectivity index (χ4n) is 1.41. The topological polar surface area (TPSA) is 35.2 Å². The predicted molar refractivity (Wildman–Crippen MR) is 58.1 cm³/mol. The molecular weight excluding hydrogens is 249 g/mol. The molecule has 1 aromatic rings. The van der Waals surface area contributed by atoms with Crippen LogP contribution in [0, 0.1) is 12.7 Å². The van der Waals surface area contributed by atoms with E-state index >= 15 is 0 Å². The van der Waals surface area contributed by atoms with Gasteiger partial charge in [0.1, 0.15) is 11.6 Å². The van der Waals surface area contributed by atoms with E-state index in [-0.39, 0.29) is 5.82 Å². The third kappa shape index (κ3) is 2.07. The van der Waals surface area contributed by atoms with E-state index < -0.39 is 0 Å². The molecule has 1 aromatic carbocycles. The Hall–Kier alpha value is -0.610. The standard InChI is InChI=1S/C10H13BrFNO/c1-6-7(3-4-13)10(14-2)8(11)5-9(6)12/h5H,3-4,13H2,1-2H3. The predicted octanol–water partition coefficient (Wildman–Crippen LogP) is 2.41. The van der Waals surface area contributed by atoms with Gasteiger partial charge >= 0.3 is 0 Å². The highest BCUT2D eigenvalue weighted by Gasteiger charge is 2.13. The maximum Gasteiger partial charge on any atom is 0.136 e. The van der Waals surface area contributed by atoms with Crippen LogP contribution in [0.5, 0.6) is 5.75 Å². The van der Waals surface area contributed by atoms with Gasteiger partial charge in [-0.3, -0.25) is 0 Å². The Balaban J connectivity index is 3.32. The van der Waals surface area contributed by atoms with Crippen molar-refractivity contribution in [3.63, 3.8) is 0 Å². The lowest BCUT2D eigenvalue weighted by atomic mass is 10.0. The lowest BCUT2D eigenvalue weighted by molar-refractivity contribution is 0.404. The molecule has 0 aromatic heterocycles. The minimum Gasteiger partial charge on any atom is -0.495 e. The summed E-state index contributed by atoms with van der Waals surface area (Å²) in [4.78, 5) is 0. The highest BCUT2D eigenvalue weighted by atomic mass is 79.9. The van der Waals surface area contributed by atoms with Crippen molar-refractivity contribution in [3.05, 3.63) is 27.5 Å². The summed E-state index contributed by atoms with van der Waals surface area (Å²) in [6, 6.07) is 1.41. The van der Waals surface area contributed by atoms with Crippen LogP contribution in [0.15, 0.2) is 10.5 Å². The highest BCUT2D eigenvalue weighted by Crippen LogP contribution is 2.33. The van der Waals surface area contributed by atoms with E-state index in [0.29, 0.717) is 28.8 Å². The zero-order chi connectivity index (χ0) is 10.7. The molecule has 0 aliphatic heterocycles. The minimum atomic E-state index is -0.235. The largest absolute Gasteiger partial charge is 0.495 e. The summed E-state index contributed by atoms with van der Waals surface area (Å²) in [6.45, 7) is 2.21. The van der Waals surface area contributed by atoms with Crippen molar-refractivity contribution in [1.82, 2.24) is 0 Å². The molecule has 14 heavy (non-hydrogen) atoms. The fourth-order valence-corrected chi connectivity index (χ4v) is 2.01. The van der Waals surface area contributed by atoms with E-state index in [9.17, 15) is 4.39 Å². The van der Waals surface area contributed by atoms with Gasteiger partial charge in [-0.1, -0.05) is 0 Å². The van der Waals surface area contributed by atoms with Crippen molar-refractivity contribution in [2.75, 3.05) is 13.7 Å². The maximum atomic E-state index is 13.4. The first-order chi connectivity index (χ1) is 6.61. The van der Waals surface area contributed by atoms with Gasteiger partial charge in [-0.05, 0) is 47.4 Å². The molecule has 0 radical (unpaired) electrons. The first-order valence-corrected chi connectivity index (χ1v) is 5.12. The van der Waals surface area contributed by atoms with Crippen molar-refractivity contribution in [1.29, 1.82) is 0 Å². The Morgan fingerprint density at radius 2 is 2.21 bits per heavy atom. The SMILES string of the molecule is COc1c(Br)cc(F)c(C)c1CCN. The molecule has 0 atom stereocenters. The molecule has 0 spiro atoms. The van der Waals surface area contributed by atoms with Crippen molar-refractivity contribution in [2.45, 2.75) is 13.3 Å². The van der Waals surface area contributed by atoms with Crippen LogP contribution in [-0.2, 0) is 6.42 Å². The number of halogens is 2. The van der Waals surface area contributed by atoms with Crippen LogP contribution in [0.25, 0.3) is 0 Å². The molecule has 2 nitrogen and oxygen atoms in total. The minimum absolute atomic E-state index is 0.235. The van der Waals surface area contributed by atoms with Gasteiger partial charge in [-0.25, -0.2) is 4.39 Å². The summed E-state index contributed by atoms with van der Waals surface area (Å²) in [5.41, 5.74) is 6.90. The average Bonchev–Trinajstić information content (AvgIpc) is 2.14. The first kappa shape index (κ1) is 11.5. The van der Waals surface area contributed by atoms with Gasteiger partial charge in [0.2, 0.25) is 0 Å². The molecular formula is C10H13BrFNO. The van der Waals surface area contributed by atoms with E-state index in [1.54, 1.807) is 14.0 Å². The lowest BCUT2D eigenvalue weighted by Gasteiger charge is -2.13. The lowest BCUT2D eigenvalue weighted by Crippen LogP contribution is -2.07. The molecule has 4 heteroatoms. The van der Waals surface area contributed by atoms with Crippen molar-refractivity contribution >= 4 is 15.9 Å². The number of methoxy groups -OCH3 is 1. The monoisotopic (exact) mass is 261 g/mol. The highest BCUT2D eigenvalue weighted by molar-refractivity contribution is 9.10. The van der Waals surface area contributed by atoms with Crippen molar-refractivity contribution < 1.29 is 9.13 Å². The molecule has 0 heterocycles. The van der Waals surface area contributed by atoms with Crippen LogP contribution in [0.4, 0.5) is 4.39 Å². The summed E-state index contributed by atoms with van der Waals surface area (Å²) < 4.78 is 19.2. The van der Waals surface area contributed by atoms with Gasteiger partial charge < -0.3 is 10.5 Å². The molecule has 0 bridgehead atoms. The summed E-state index contributed by atoms with van der Waals surface area (Å²) in [6.07, 6.45) is 0.616. The fraction of sp³-hybridized carbons (Fsp3) is 0.400. The Kier molecular flexibility index (Phi) is 3.89. The number of hydrogen-bond donors (Lipinski definition) is 1. The Morgan fingerprint density at radius 1 is 1.57 bits per heavy atom. The molecule has 78 valence electrons. The first-order valence-electron chi connectivity index (χ1n) is 4.33.